The zero-order valence-corrected chi connectivity index (χ0v) is 15.3. The highest BCUT2D eigenvalue weighted by atomic mass is 16.3. The van der Waals surface area contributed by atoms with Gasteiger partial charge < -0.3 is 14.3 Å². The first-order valence-corrected chi connectivity index (χ1v) is 9.32. The number of carbonyl (C=O) groups excluding carboxylic acids is 1. The van der Waals surface area contributed by atoms with Crippen LogP contribution in [0.15, 0.2) is 45.8 Å². The van der Waals surface area contributed by atoms with Gasteiger partial charge in [0.2, 0.25) is 5.91 Å². The Morgan fingerprint density at radius 1 is 1.31 bits per heavy atom. The fraction of sp³-hybridized carbons (Fsp3) is 0.500. The topological polar surface area (TPSA) is 67.5 Å². The van der Waals surface area contributed by atoms with Crippen LogP contribution in [-0.4, -0.2) is 35.0 Å². The zero-order valence-electron chi connectivity index (χ0n) is 15.3. The Balaban J connectivity index is 1.42. The van der Waals surface area contributed by atoms with Gasteiger partial charge in [-0.2, -0.15) is 0 Å². The summed E-state index contributed by atoms with van der Waals surface area (Å²) in [5.74, 6) is 1.08. The molecule has 3 rings (SSSR count). The summed E-state index contributed by atoms with van der Waals surface area (Å²) in [6, 6.07) is 9.13. The Morgan fingerprint density at radius 3 is 2.96 bits per heavy atom. The van der Waals surface area contributed by atoms with E-state index >= 15 is 0 Å². The van der Waals surface area contributed by atoms with Crippen molar-refractivity contribution in [1.82, 2.24) is 14.8 Å². The van der Waals surface area contributed by atoms with E-state index < -0.39 is 0 Å². The number of nitrogens with zero attached hydrogens (tertiary/aromatic N) is 2. The molecule has 1 aliphatic heterocycles. The Bertz CT molecular complexity index is 767. The van der Waals surface area contributed by atoms with E-state index in [4.69, 9.17) is 4.42 Å². The predicted molar refractivity (Wildman–Crippen MR) is 99.8 cm³/mol. The lowest BCUT2D eigenvalue weighted by molar-refractivity contribution is -0.126. The number of piperidine rings is 1. The van der Waals surface area contributed by atoms with Crippen LogP contribution in [0.3, 0.4) is 0 Å². The molecule has 0 unspecified atom stereocenters. The number of likely N-dealkylation sites (tertiary alicyclic amines) is 1. The van der Waals surface area contributed by atoms with Crippen molar-refractivity contribution in [2.75, 3.05) is 19.6 Å². The van der Waals surface area contributed by atoms with Gasteiger partial charge in [-0.05, 0) is 50.9 Å². The maximum atomic E-state index is 12.5. The Kier molecular flexibility index (Phi) is 6.28. The second-order valence-corrected chi connectivity index (χ2v) is 6.96. The van der Waals surface area contributed by atoms with Crippen LogP contribution in [0.25, 0.3) is 0 Å². The molecule has 1 saturated heterocycles. The van der Waals surface area contributed by atoms with Crippen molar-refractivity contribution in [3.63, 3.8) is 0 Å². The molecule has 26 heavy (non-hydrogen) atoms. The summed E-state index contributed by atoms with van der Waals surface area (Å²) in [6.07, 6.45) is 4.39. The quantitative estimate of drug-likeness (QED) is 0.771. The molecule has 6 nitrogen and oxygen atoms in total. The molecule has 0 saturated carbocycles. The predicted octanol–water partition coefficient (Wildman–Crippen LogP) is 2.17. The maximum Gasteiger partial charge on any atom is 0.250 e. The number of hydrogen-bond acceptors (Lipinski definition) is 4. The van der Waals surface area contributed by atoms with Crippen LogP contribution in [0.2, 0.25) is 0 Å². The van der Waals surface area contributed by atoms with E-state index in [1.54, 1.807) is 23.0 Å². The van der Waals surface area contributed by atoms with Crippen molar-refractivity contribution in [3.05, 3.63) is 58.4 Å². The third-order valence-corrected chi connectivity index (χ3v) is 4.96. The minimum Gasteiger partial charge on any atom is -0.468 e. The molecule has 1 amide bonds. The van der Waals surface area contributed by atoms with Crippen molar-refractivity contribution in [3.8, 4) is 0 Å². The number of rotatable bonds is 7. The highest BCUT2D eigenvalue weighted by Gasteiger charge is 2.25. The number of amides is 1. The van der Waals surface area contributed by atoms with E-state index in [0.29, 0.717) is 13.1 Å². The normalized spacial score (nSPS) is 18.0. The number of aromatic nitrogens is 1. The van der Waals surface area contributed by atoms with Gasteiger partial charge in [0.25, 0.3) is 5.56 Å². The summed E-state index contributed by atoms with van der Waals surface area (Å²) < 4.78 is 7.15. The SMILES string of the molecule is Cc1cccc(=O)n1CCCNC(=O)[C@@H]1CCCN(Cc2ccco2)C1. The van der Waals surface area contributed by atoms with E-state index in [1.807, 2.05) is 25.1 Å². The minimum absolute atomic E-state index is 0.0113. The molecular formula is C20H27N3O3. The van der Waals surface area contributed by atoms with Crippen LogP contribution in [0, 0.1) is 12.8 Å². The van der Waals surface area contributed by atoms with Crippen LogP contribution in [0.4, 0.5) is 0 Å². The molecule has 2 aromatic heterocycles. The van der Waals surface area contributed by atoms with Crippen LogP contribution >= 0.6 is 0 Å². The van der Waals surface area contributed by atoms with Gasteiger partial charge in [-0.3, -0.25) is 14.5 Å². The fourth-order valence-electron chi connectivity index (χ4n) is 3.54. The van der Waals surface area contributed by atoms with Crippen LogP contribution < -0.4 is 10.9 Å². The van der Waals surface area contributed by atoms with E-state index in [9.17, 15) is 9.59 Å². The van der Waals surface area contributed by atoms with Gasteiger partial charge in [-0.15, -0.1) is 0 Å². The average molecular weight is 357 g/mol. The minimum atomic E-state index is 0.0113. The number of hydrogen-bond donors (Lipinski definition) is 1. The molecule has 0 aliphatic carbocycles. The second-order valence-electron chi connectivity index (χ2n) is 6.96. The number of furan rings is 1. The summed E-state index contributed by atoms with van der Waals surface area (Å²) >= 11 is 0. The largest absolute Gasteiger partial charge is 0.468 e. The smallest absolute Gasteiger partial charge is 0.250 e. The molecule has 1 N–H and O–H groups in total. The lowest BCUT2D eigenvalue weighted by atomic mass is 9.97. The second kappa shape index (κ2) is 8.85. The van der Waals surface area contributed by atoms with E-state index in [-0.39, 0.29) is 17.4 Å². The van der Waals surface area contributed by atoms with Crippen molar-refractivity contribution < 1.29 is 9.21 Å². The fourth-order valence-corrected chi connectivity index (χ4v) is 3.54. The summed E-state index contributed by atoms with van der Waals surface area (Å²) in [7, 11) is 0. The molecule has 0 aromatic carbocycles. The molecule has 0 bridgehead atoms. The molecule has 0 spiro atoms. The summed E-state index contributed by atoms with van der Waals surface area (Å²) in [5.41, 5.74) is 0.960. The Labute approximate surface area is 153 Å². The van der Waals surface area contributed by atoms with Crippen molar-refractivity contribution in [2.24, 2.45) is 5.92 Å². The van der Waals surface area contributed by atoms with Crippen LogP contribution in [0.5, 0.6) is 0 Å². The Morgan fingerprint density at radius 2 is 2.19 bits per heavy atom. The average Bonchev–Trinajstić information content (AvgIpc) is 3.13. The number of pyridine rings is 1. The molecule has 3 heterocycles. The van der Waals surface area contributed by atoms with Gasteiger partial charge in [-0.1, -0.05) is 6.07 Å². The molecule has 1 fully saturated rings. The van der Waals surface area contributed by atoms with Crippen molar-refractivity contribution in [2.45, 2.75) is 39.3 Å². The van der Waals surface area contributed by atoms with Crippen molar-refractivity contribution >= 4 is 5.91 Å². The maximum absolute atomic E-state index is 12.5. The molecule has 0 radical (unpaired) electrons. The lowest BCUT2D eigenvalue weighted by Gasteiger charge is -2.31. The first kappa shape index (κ1) is 18.5. The summed E-state index contributed by atoms with van der Waals surface area (Å²) in [4.78, 5) is 26.6. The third kappa shape index (κ3) is 4.85. The molecule has 1 aliphatic rings. The molecule has 1 atom stereocenters. The van der Waals surface area contributed by atoms with Crippen molar-refractivity contribution in [1.29, 1.82) is 0 Å². The standard InChI is InChI=1S/C20H27N3O3/c1-16-6-2-9-19(24)23(16)12-5-10-21-20(25)17-7-3-11-22(14-17)15-18-8-4-13-26-18/h2,4,6,8-9,13,17H,3,5,7,10-12,14-15H2,1H3,(H,21,25)/t17-/m1/s1. The van der Waals surface area contributed by atoms with Crippen LogP contribution in [0.1, 0.15) is 30.7 Å². The molecule has 6 heteroatoms. The molecular weight excluding hydrogens is 330 g/mol. The first-order chi connectivity index (χ1) is 12.6. The van der Waals surface area contributed by atoms with Gasteiger partial charge in [0.1, 0.15) is 5.76 Å². The first-order valence-electron chi connectivity index (χ1n) is 9.32. The van der Waals surface area contributed by atoms with Gasteiger partial charge in [0, 0.05) is 31.4 Å². The summed E-state index contributed by atoms with van der Waals surface area (Å²) in [6.45, 7) is 5.67. The lowest BCUT2D eigenvalue weighted by Crippen LogP contribution is -2.43. The summed E-state index contributed by atoms with van der Waals surface area (Å²) in [5, 5.41) is 3.04. The highest BCUT2D eigenvalue weighted by Crippen LogP contribution is 2.19. The van der Waals surface area contributed by atoms with Gasteiger partial charge in [0.15, 0.2) is 0 Å². The van der Waals surface area contributed by atoms with Gasteiger partial charge in [0.05, 0.1) is 18.7 Å². The van der Waals surface area contributed by atoms with E-state index in [1.165, 1.54) is 0 Å². The molecule has 140 valence electrons. The van der Waals surface area contributed by atoms with Crippen LogP contribution in [-0.2, 0) is 17.9 Å². The van der Waals surface area contributed by atoms with E-state index in [2.05, 4.69) is 10.2 Å². The van der Waals surface area contributed by atoms with Gasteiger partial charge in [-0.25, -0.2) is 0 Å². The number of nitrogens with one attached hydrogen (secondary N) is 1. The number of carbonyl (C=O) groups is 1. The third-order valence-electron chi connectivity index (χ3n) is 4.96. The highest BCUT2D eigenvalue weighted by molar-refractivity contribution is 5.78. The Hall–Kier alpha value is -2.34. The van der Waals surface area contributed by atoms with E-state index in [0.717, 1.165) is 50.4 Å². The zero-order chi connectivity index (χ0) is 18.4. The molecule has 2 aromatic rings. The van der Waals surface area contributed by atoms with Gasteiger partial charge >= 0.3 is 0 Å². The monoisotopic (exact) mass is 357 g/mol. The number of aryl methyl sites for hydroxylation is 1.